The van der Waals surface area contributed by atoms with Crippen molar-refractivity contribution in [2.24, 2.45) is 0 Å². The predicted molar refractivity (Wildman–Crippen MR) is 66.0 cm³/mol. The van der Waals surface area contributed by atoms with Gasteiger partial charge in [0.25, 0.3) is 0 Å². The molecule has 1 rings (SSSR count). The van der Waals surface area contributed by atoms with Gasteiger partial charge in [-0.25, -0.2) is 4.79 Å². The molecule has 0 spiro atoms. The lowest BCUT2D eigenvalue weighted by molar-refractivity contribution is -0.147. The summed E-state index contributed by atoms with van der Waals surface area (Å²) in [6, 6.07) is 3.90. The van der Waals surface area contributed by atoms with Crippen LogP contribution in [0.15, 0.2) is 18.2 Å². The van der Waals surface area contributed by atoms with Gasteiger partial charge in [0.05, 0.1) is 7.11 Å². The average molecular weight is 304 g/mol. The molecule has 0 fully saturated rings. The fourth-order valence-electron chi connectivity index (χ4n) is 1.78. The molecule has 2 N–H and O–H groups in total. The van der Waals surface area contributed by atoms with Crippen molar-refractivity contribution in [3.63, 3.8) is 0 Å². The minimum atomic E-state index is -3.17. The highest BCUT2D eigenvalue weighted by Gasteiger charge is 2.25. The number of ether oxygens (including phenoxy) is 2. The molecule has 1 aromatic carbocycles. The lowest BCUT2D eigenvalue weighted by atomic mass is 9.97. The molecule has 0 bridgehead atoms. The van der Waals surface area contributed by atoms with Gasteiger partial charge in [0.1, 0.15) is 5.75 Å². The van der Waals surface area contributed by atoms with Gasteiger partial charge in [-0.05, 0) is 18.1 Å². The van der Waals surface area contributed by atoms with Crippen LogP contribution >= 0.6 is 0 Å². The molecule has 0 radical (unpaired) electrons. The van der Waals surface area contributed by atoms with Crippen LogP contribution in [0.2, 0.25) is 0 Å². The number of aryl methyl sites for hydroxylation is 1. The summed E-state index contributed by atoms with van der Waals surface area (Å²) in [5.74, 6) is -2.60. The number of esters is 1. The molecular formula is C13H14F2O6. The fraction of sp³-hybridized carbons (Fsp3) is 0.385. The summed E-state index contributed by atoms with van der Waals surface area (Å²) < 4.78 is 33.3. The number of aliphatic carboxylic acids is 1. The third kappa shape index (κ3) is 4.67. The first-order valence-electron chi connectivity index (χ1n) is 5.91. The largest absolute Gasteiger partial charge is 0.479 e. The first-order valence-corrected chi connectivity index (χ1v) is 5.91. The Morgan fingerprint density at radius 2 is 2.00 bits per heavy atom. The molecule has 0 saturated carbocycles. The summed E-state index contributed by atoms with van der Waals surface area (Å²) in [4.78, 5) is 22.0. The van der Waals surface area contributed by atoms with Gasteiger partial charge < -0.3 is 19.7 Å². The van der Waals surface area contributed by atoms with E-state index in [1.807, 2.05) is 0 Å². The van der Waals surface area contributed by atoms with Gasteiger partial charge in [-0.3, -0.25) is 4.79 Å². The van der Waals surface area contributed by atoms with E-state index in [-0.39, 0.29) is 24.0 Å². The summed E-state index contributed by atoms with van der Waals surface area (Å²) in [5, 5.41) is 18.5. The first kappa shape index (κ1) is 16.8. The van der Waals surface area contributed by atoms with E-state index in [0.29, 0.717) is 0 Å². The number of rotatable bonds is 7. The van der Waals surface area contributed by atoms with Gasteiger partial charge in [0.15, 0.2) is 6.10 Å². The lowest BCUT2D eigenvalue weighted by Gasteiger charge is -2.17. The Labute approximate surface area is 118 Å². The van der Waals surface area contributed by atoms with Crippen LogP contribution < -0.4 is 4.74 Å². The lowest BCUT2D eigenvalue weighted by Crippen LogP contribution is -2.16. The molecule has 0 aromatic heterocycles. The molecule has 1 aromatic rings. The highest BCUT2D eigenvalue weighted by molar-refractivity contribution is 5.76. The molecule has 6 nitrogen and oxygen atoms in total. The van der Waals surface area contributed by atoms with E-state index < -0.39 is 30.4 Å². The number of halogens is 2. The van der Waals surface area contributed by atoms with Gasteiger partial charge in [-0.15, -0.1) is 0 Å². The normalized spacial score (nSPS) is 12.0. The van der Waals surface area contributed by atoms with Crippen molar-refractivity contribution >= 4 is 11.9 Å². The highest BCUT2D eigenvalue weighted by atomic mass is 19.3. The van der Waals surface area contributed by atoms with Crippen molar-refractivity contribution in [1.29, 1.82) is 0 Å². The van der Waals surface area contributed by atoms with E-state index in [0.717, 1.165) is 6.07 Å². The molecule has 21 heavy (non-hydrogen) atoms. The molecule has 0 aliphatic carbocycles. The van der Waals surface area contributed by atoms with Crippen molar-refractivity contribution in [3.8, 4) is 5.75 Å². The van der Waals surface area contributed by atoms with E-state index in [1.165, 1.54) is 19.2 Å². The van der Waals surface area contributed by atoms with Crippen molar-refractivity contribution in [1.82, 2.24) is 0 Å². The van der Waals surface area contributed by atoms with Crippen molar-refractivity contribution in [2.75, 3.05) is 7.11 Å². The van der Waals surface area contributed by atoms with E-state index in [2.05, 4.69) is 9.47 Å². The van der Waals surface area contributed by atoms with Gasteiger partial charge in [0.2, 0.25) is 0 Å². The molecule has 0 amide bonds. The maximum atomic E-state index is 12.3. The van der Waals surface area contributed by atoms with E-state index in [4.69, 9.17) is 5.11 Å². The zero-order valence-electron chi connectivity index (χ0n) is 11.1. The second-order valence-electron chi connectivity index (χ2n) is 4.02. The van der Waals surface area contributed by atoms with Gasteiger partial charge in [-0.2, -0.15) is 8.78 Å². The number of aliphatic hydroxyl groups is 1. The van der Waals surface area contributed by atoms with Crippen LogP contribution in [0.25, 0.3) is 0 Å². The molecule has 0 aliphatic rings. The summed E-state index contributed by atoms with van der Waals surface area (Å²) in [5.41, 5.74) is -0.0809. The van der Waals surface area contributed by atoms with Crippen LogP contribution in [0.3, 0.4) is 0 Å². The Morgan fingerprint density at radius 3 is 2.52 bits per heavy atom. The maximum Gasteiger partial charge on any atom is 0.387 e. The molecule has 0 aliphatic heterocycles. The topological polar surface area (TPSA) is 93.1 Å². The van der Waals surface area contributed by atoms with Gasteiger partial charge >= 0.3 is 18.6 Å². The van der Waals surface area contributed by atoms with Crippen LogP contribution in [0.1, 0.15) is 23.7 Å². The number of hydrogen-bond acceptors (Lipinski definition) is 5. The standard InChI is InChI=1S/C13H14F2O6/c1-20-9(16)6-5-7-3-2-4-8(21-13(14)15)10(7)11(17)12(18)19/h2-4,11,13,17H,5-6H2,1H3,(H,18,19). The minimum absolute atomic E-state index is 0.0206. The third-order valence-corrected chi connectivity index (χ3v) is 2.71. The molecule has 0 saturated heterocycles. The summed E-state index contributed by atoms with van der Waals surface area (Å²) in [6.07, 6.45) is -2.10. The average Bonchev–Trinajstić information content (AvgIpc) is 2.43. The van der Waals surface area contributed by atoms with Crippen LogP contribution in [-0.2, 0) is 20.7 Å². The Hall–Kier alpha value is -2.22. The Balaban J connectivity index is 3.15. The number of carboxylic acid groups (broad SMARTS) is 1. The molecule has 0 heterocycles. The van der Waals surface area contributed by atoms with Crippen LogP contribution in [0.5, 0.6) is 5.75 Å². The second-order valence-corrected chi connectivity index (χ2v) is 4.02. The maximum absolute atomic E-state index is 12.3. The van der Waals surface area contributed by atoms with Gasteiger partial charge in [-0.1, -0.05) is 12.1 Å². The molecule has 1 unspecified atom stereocenters. The number of benzene rings is 1. The Morgan fingerprint density at radius 1 is 1.33 bits per heavy atom. The first-order chi connectivity index (χ1) is 9.86. The Kier molecular flexibility index (Phi) is 6.04. The van der Waals surface area contributed by atoms with Crippen molar-refractivity contribution in [2.45, 2.75) is 25.6 Å². The monoisotopic (exact) mass is 304 g/mol. The van der Waals surface area contributed by atoms with Crippen LogP contribution in [0.4, 0.5) is 8.78 Å². The van der Waals surface area contributed by atoms with E-state index in [1.54, 1.807) is 0 Å². The van der Waals surface area contributed by atoms with Crippen molar-refractivity contribution < 1.29 is 38.1 Å². The smallest absolute Gasteiger partial charge is 0.387 e. The number of methoxy groups -OCH3 is 1. The number of aliphatic hydroxyl groups excluding tert-OH is 1. The number of carboxylic acids is 1. The molecule has 1 atom stereocenters. The molecule has 116 valence electrons. The minimum Gasteiger partial charge on any atom is -0.479 e. The SMILES string of the molecule is COC(=O)CCc1cccc(OC(F)F)c1C(O)C(=O)O. The number of hydrogen-bond donors (Lipinski definition) is 2. The summed E-state index contributed by atoms with van der Waals surface area (Å²) in [7, 11) is 1.19. The zero-order chi connectivity index (χ0) is 16.0. The summed E-state index contributed by atoms with van der Waals surface area (Å²) >= 11 is 0. The highest BCUT2D eigenvalue weighted by Crippen LogP contribution is 2.31. The Bertz CT molecular complexity index is 517. The van der Waals surface area contributed by atoms with Gasteiger partial charge in [0, 0.05) is 12.0 Å². The van der Waals surface area contributed by atoms with Crippen LogP contribution in [-0.4, -0.2) is 35.9 Å². The third-order valence-electron chi connectivity index (χ3n) is 2.71. The predicted octanol–water partition coefficient (Wildman–Crippen LogP) is 1.51. The summed E-state index contributed by atoms with van der Waals surface area (Å²) in [6.45, 7) is -3.17. The molecule has 8 heteroatoms. The zero-order valence-corrected chi connectivity index (χ0v) is 11.1. The fourth-order valence-corrected chi connectivity index (χ4v) is 1.78. The van der Waals surface area contributed by atoms with E-state index in [9.17, 15) is 23.5 Å². The quantitative estimate of drug-likeness (QED) is 0.742. The van der Waals surface area contributed by atoms with E-state index >= 15 is 0 Å². The van der Waals surface area contributed by atoms with Crippen LogP contribution in [0, 0.1) is 0 Å². The number of carbonyl (C=O) groups is 2. The molecular weight excluding hydrogens is 290 g/mol. The van der Waals surface area contributed by atoms with Crippen molar-refractivity contribution in [3.05, 3.63) is 29.3 Å². The number of alkyl halides is 2. The number of carbonyl (C=O) groups excluding carboxylic acids is 1. The second kappa shape index (κ2) is 7.53.